The monoisotopic (exact) mass is 2110 g/mol. The maximum atomic E-state index is 5.11. The second kappa shape index (κ2) is 37.3. The SMILES string of the molecule is C.CN1C=CN(c2[c-]c(N3C=CN(C)[CH-]3)ccc2)[CH-]1.[Os+4].[c-]1ccccc1-c1ccc2cccc([PH+](c3ccccc3)c3ccccc3)c2n1.c1ccc([N+]2(c3ccccc3)c3cccc4c3c3c(c5ccccc54)-c4cccc[n+]4C32)cc1.c1ccc([N+]2(c3ccccc3)c3cccc4cc5ccc6ccc[n+]7c6c5c(c34)C72)cc1.c1ccc([N+]2(c3ccccc3)c3cccc4ccc5c(c34)C2[n+]2cc3ccccc3cc2-5)cc1. The van der Waals surface area contributed by atoms with Gasteiger partial charge in [-0.05, 0) is 149 Å². The van der Waals surface area contributed by atoms with Gasteiger partial charge in [0.05, 0.1) is 32.7 Å². The molecule has 0 fully saturated rings. The Morgan fingerprint density at radius 1 is 0.315 bits per heavy atom. The first-order chi connectivity index (χ1) is 72.8. The Hall–Kier alpha value is -17.3. The summed E-state index contributed by atoms with van der Waals surface area (Å²) in [6, 6.07) is 183. The normalized spacial score (nSPS) is 15.7. The van der Waals surface area contributed by atoms with Gasteiger partial charge in [-0.15, -0.1) is 79.2 Å². The molecule has 149 heavy (non-hydrogen) atoms. The van der Waals surface area contributed by atoms with E-state index >= 15 is 0 Å². The third-order valence-electron chi connectivity index (χ3n) is 31.1. The largest absolute Gasteiger partial charge is 4.00 e. The Labute approximate surface area is 882 Å². The van der Waals surface area contributed by atoms with Crippen LogP contribution in [0.15, 0.2) is 529 Å². The zero-order chi connectivity index (χ0) is 97.4. The summed E-state index contributed by atoms with van der Waals surface area (Å²) in [5, 5.41) is 22.7. The second-order valence-corrected chi connectivity index (χ2v) is 41.4. The standard InChI is InChI=1S/2C32H22N2.C30H20N2.C27H19NP.C14H15N4.CH4.Os/c1-3-12-22(13-4-1)34(23-14-5-2-6-15-23)28-20-11-18-26-24-16-7-8-17-25(24)29-27-19-9-10-21-33(27)32(34)31(29)30(26)28;1-3-13-25(14-4-1)34(26-15-5-2-6-16-26)29-17-9-12-22-18-19-27-28-20-23-10-7-8-11-24(23)21-33(28)32(34)31(27)30(22)29;1-3-11-23(12-4-1)32(24-13-5-2-6-14-24)25-15-7-9-21-19-22-17-16-20-10-8-18-31-29(20)27(22)28(26(21)25)30(31)32;1-4-11-21(12-5-1)25-20-19-22-13-10-18-26(27(22)28-25)29(23-14-6-2-7-15-23)24-16-8-3-9-17-24;1-15-6-8-17(11-15)13-4-3-5-14(10-13)18-9-7-16(2)12-18;;/h2*1-21,32H;1-19,30H;1-11,13-20H;3-9,11-12H,1-2H3;1H4;/q3*+2;-1;-3;;+4/p+1. The van der Waals surface area contributed by atoms with Crippen molar-refractivity contribution in [1.82, 2.24) is 28.2 Å². The molecule has 0 saturated heterocycles. The molecule has 0 saturated carbocycles. The van der Waals surface area contributed by atoms with Gasteiger partial charge in [-0.25, -0.2) is 0 Å². The van der Waals surface area contributed by atoms with E-state index in [0.29, 0.717) is 13.4 Å². The van der Waals surface area contributed by atoms with Gasteiger partial charge in [0.1, 0.15) is 80.2 Å². The molecule has 13 heteroatoms. The fourth-order valence-electron chi connectivity index (χ4n) is 25.3. The fourth-order valence-corrected chi connectivity index (χ4v) is 28.0. The molecule has 20 aromatic carbocycles. The molecule has 3 unspecified atom stereocenters. The van der Waals surface area contributed by atoms with Crippen LogP contribution in [0.4, 0.5) is 62.6 Å². The van der Waals surface area contributed by atoms with E-state index < -0.39 is 7.92 Å². The van der Waals surface area contributed by atoms with Gasteiger partial charge in [-0.3, -0.25) is 4.98 Å². The van der Waals surface area contributed by atoms with E-state index in [2.05, 4.69) is 493 Å². The van der Waals surface area contributed by atoms with Crippen LogP contribution in [0, 0.1) is 25.5 Å². The average Bonchev–Trinajstić information content (AvgIpc) is 1.45. The number of quaternary nitrogens is 3. The molecule has 4 aromatic heterocycles. The Balaban J connectivity index is 0.0000000950. The molecule has 8 aliphatic heterocycles. The first-order valence-corrected chi connectivity index (χ1v) is 52.1. The van der Waals surface area contributed by atoms with E-state index in [0.717, 1.165) is 28.1 Å². The van der Waals surface area contributed by atoms with Crippen molar-refractivity contribution in [1.29, 1.82) is 0 Å². The number of hydrogen-bond acceptors (Lipinski definition) is 5. The molecule has 0 spiro atoms. The summed E-state index contributed by atoms with van der Waals surface area (Å²) in [5.41, 5.74) is 27.9. The summed E-state index contributed by atoms with van der Waals surface area (Å²) >= 11 is 0. The summed E-state index contributed by atoms with van der Waals surface area (Å²) in [6.07, 6.45) is 15.3. The number of nitrogens with zero attached hydrogens (tertiary/aromatic N) is 11. The van der Waals surface area contributed by atoms with Crippen LogP contribution in [-0.2, 0) is 19.8 Å². The van der Waals surface area contributed by atoms with Gasteiger partial charge >= 0.3 is 38.3 Å². The van der Waals surface area contributed by atoms with Crippen molar-refractivity contribution in [2.24, 2.45) is 0 Å². The van der Waals surface area contributed by atoms with Gasteiger partial charge in [0, 0.05) is 131 Å². The number of aromatic nitrogens is 4. The van der Waals surface area contributed by atoms with Gasteiger partial charge in [0.15, 0.2) is 35.7 Å². The third-order valence-corrected chi connectivity index (χ3v) is 33.9. The Bertz CT molecular complexity index is 9200. The molecule has 708 valence electrons. The van der Waals surface area contributed by atoms with Crippen LogP contribution in [0.25, 0.3) is 120 Å². The third kappa shape index (κ3) is 14.3. The zero-order valence-corrected chi connectivity index (χ0v) is 84.9. The molecule has 8 aliphatic rings. The molecule has 32 rings (SSSR count). The Morgan fingerprint density at radius 3 is 1.32 bits per heavy atom. The molecule has 0 radical (unpaired) electrons. The van der Waals surface area contributed by atoms with Gasteiger partial charge in [-0.2, -0.15) is 32.9 Å². The Morgan fingerprint density at radius 2 is 0.752 bits per heavy atom. The smallest absolute Gasteiger partial charge is 0.510 e. The summed E-state index contributed by atoms with van der Waals surface area (Å²) in [5.74, 6) is 0. The molecule has 0 bridgehead atoms. The van der Waals surface area contributed by atoms with E-state index in [-0.39, 0.29) is 45.7 Å². The van der Waals surface area contributed by atoms with Crippen LogP contribution < -0.4 is 52.9 Å². The maximum Gasteiger partial charge on any atom is 4.00 e. The minimum atomic E-state index is -1.17. The number of pyridine rings is 4. The Kier molecular flexibility index (Phi) is 23.0. The van der Waals surface area contributed by atoms with Gasteiger partial charge in [0.25, 0.3) is 0 Å². The predicted octanol–water partition coefficient (Wildman–Crippen LogP) is 30.9. The first-order valence-electron chi connectivity index (χ1n) is 50.6. The number of fused-ring (bicyclic) bond motifs is 12. The summed E-state index contributed by atoms with van der Waals surface area (Å²) in [7, 11) is 2.84. The minimum absolute atomic E-state index is 0. The molecule has 0 amide bonds. The van der Waals surface area contributed by atoms with Crippen molar-refractivity contribution < 1.29 is 33.5 Å². The molecular weight excluding hydrogens is 2010 g/mol. The van der Waals surface area contributed by atoms with Crippen molar-refractivity contribution in [3.8, 4) is 33.8 Å². The molecule has 12 heterocycles. The van der Waals surface area contributed by atoms with E-state index in [9.17, 15) is 0 Å². The quantitative estimate of drug-likeness (QED) is 0.0304. The number of para-hydroxylation sites is 7. The number of benzene rings is 20. The zero-order valence-electron chi connectivity index (χ0n) is 81.4. The topological polar surface area (TPSA) is 37.5 Å². The molecule has 11 nitrogen and oxygen atoms in total. The molecule has 0 aliphatic carbocycles. The van der Waals surface area contributed by atoms with Crippen molar-refractivity contribution in [3.63, 3.8) is 0 Å². The van der Waals surface area contributed by atoms with Crippen molar-refractivity contribution >= 4 is 173 Å². The van der Waals surface area contributed by atoms with E-state index in [1.54, 1.807) is 0 Å². The second-order valence-electron chi connectivity index (χ2n) is 39.0. The van der Waals surface area contributed by atoms with Gasteiger partial charge in [0.2, 0.25) is 16.9 Å². The van der Waals surface area contributed by atoms with Crippen LogP contribution in [-0.4, -0.2) is 28.9 Å². The van der Waals surface area contributed by atoms with Crippen LogP contribution in [0.1, 0.15) is 42.6 Å². The molecule has 3 atom stereocenters. The van der Waals surface area contributed by atoms with Crippen molar-refractivity contribution in [2.75, 3.05) is 23.9 Å². The molecule has 24 aromatic rings. The predicted molar refractivity (Wildman–Crippen MR) is 615 cm³/mol. The fraction of sp³-hybridized carbons (Fsp3) is 0.0441. The van der Waals surface area contributed by atoms with Crippen LogP contribution >= 0.6 is 7.92 Å². The summed E-state index contributed by atoms with van der Waals surface area (Å²) in [4.78, 5) is 13.2. The number of hydrogen-bond donors (Lipinski definition) is 0. The summed E-state index contributed by atoms with van der Waals surface area (Å²) < 4.78 is 9.56. The van der Waals surface area contributed by atoms with E-state index in [1.807, 2.05) is 108 Å². The van der Waals surface area contributed by atoms with Crippen LogP contribution in [0.2, 0.25) is 0 Å². The first kappa shape index (κ1) is 91.6. The summed E-state index contributed by atoms with van der Waals surface area (Å²) in [6.45, 7) is 4.04. The minimum Gasteiger partial charge on any atom is -0.510 e. The van der Waals surface area contributed by atoms with Crippen LogP contribution in [0.3, 0.4) is 0 Å². The van der Waals surface area contributed by atoms with Gasteiger partial charge in [-0.1, -0.05) is 268 Å². The number of rotatable bonds is 12. The molecular formula is C136H103N11OsP+7. The van der Waals surface area contributed by atoms with E-state index in [4.69, 9.17) is 4.98 Å². The van der Waals surface area contributed by atoms with Crippen molar-refractivity contribution in [2.45, 2.75) is 25.9 Å². The van der Waals surface area contributed by atoms with Crippen LogP contribution in [0.5, 0.6) is 0 Å². The molecule has 0 N–H and O–H groups in total. The number of anilines is 2. The van der Waals surface area contributed by atoms with E-state index in [1.165, 1.54) is 187 Å². The maximum absolute atomic E-state index is 5.11. The average molecular weight is 2110 g/mol. The van der Waals surface area contributed by atoms with Crippen molar-refractivity contribution in [3.05, 3.63) is 571 Å². The van der Waals surface area contributed by atoms with Gasteiger partial charge < -0.3 is 19.6 Å².